The summed E-state index contributed by atoms with van der Waals surface area (Å²) in [4.78, 5) is 38.7. The predicted octanol–water partition coefficient (Wildman–Crippen LogP) is 4.86. The van der Waals surface area contributed by atoms with Gasteiger partial charge in [0.2, 0.25) is 5.91 Å². The number of carbonyl (C=O) groups excluding carboxylic acids is 2. The third-order valence-corrected chi connectivity index (χ3v) is 5.56. The van der Waals surface area contributed by atoms with E-state index in [4.69, 9.17) is 16.3 Å². The molecular weight excluding hydrogens is 430 g/mol. The fraction of sp³-hybridized carbons (Fsp3) is 0.391. The van der Waals surface area contributed by atoms with E-state index in [1.165, 1.54) is 6.20 Å². The third kappa shape index (κ3) is 5.02. The Morgan fingerprint density at radius 1 is 1.25 bits per heavy atom. The summed E-state index contributed by atoms with van der Waals surface area (Å²) in [5.41, 5.74) is 2.72. The summed E-state index contributed by atoms with van der Waals surface area (Å²) in [5.74, 6) is -0.124. The molecule has 3 aromatic heterocycles. The molecular formula is C23H26ClN5O3. The van der Waals surface area contributed by atoms with E-state index in [9.17, 15) is 9.59 Å². The van der Waals surface area contributed by atoms with Crippen molar-refractivity contribution in [3.05, 3.63) is 41.8 Å². The molecule has 4 heterocycles. The molecule has 9 heteroatoms. The number of nitrogens with zero attached hydrogens (tertiary/aromatic N) is 3. The lowest BCUT2D eigenvalue weighted by Crippen LogP contribution is -2.45. The number of fused-ring (bicyclic) bond motifs is 1. The van der Waals surface area contributed by atoms with E-state index in [1.807, 2.05) is 39.1 Å². The molecule has 1 aliphatic rings. The SMILES string of the molecule is CC(C)(C)OC(=O)N1CCCC(C(=O)Nc2cc(-c3cnc4cc[nH]c4c3)c(Cl)cn2)C1. The molecule has 0 aromatic carbocycles. The zero-order valence-corrected chi connectivity index (χ0v) is 19.1. The zero-order chi connectivity index (χ0) is 22.9. The second-order valence-electron chi connectivity index (χ2n) is 8.94. The number of H-pyrrole nitrogens is 1. The van der Waals surface area contributed by atoms with E-state index in [0.717, 1.165) is 28.6 Å². The number of amides is 2. The largest absolute Gasteiger partial charge is 0.444 e. The lowest BCUT2D eigenvalue weighted by Gasteiger charge is -2.33. The van der Waals surface area contributed by atoms with Gasteiger partial charge in [0.1, 0.15) is 11.4 Å². The molecule has 0 saturated carbocycles. The number of aromatic nitrogens is 3. The number of nitrogens with one attached hydrogen (secondary N) is 2. The number of hydrogen-bond donors (Lipinski definition) is 2. The van der Waals surface area contributed by atoms with Crippen LogP contribution in [0.1, 0.15) is 33.6 Å². The Balaban J connectivity index is 1.47. The van der Waals surface area contributed by atoms with Crippen LogP contribution < -0.4 is 5.32 Å². The highest BCUT2D eigenvalue weighted by molar-refractivity contribution is 6.33. The molecule has 1 fully saturated rings. The van der Waals surface area contributed by atoms with Crippen LogP contribution in [-0.4, -0.2) is 50.5 Å². The predicted molar refractivity (Wildman–Crippen MR) is 123 cm³/mol. The topological polar surface area (TPSA) is 100 Å². The number of ether oxygens (including phenoxy) is 1. The summed E-state index contributed by atoms with van der Waals surface area (Å²) >= 11 is 6.38. The first kappa shape index (κ1) is 22.1. The van der Waals surface area contributed by atoms with E-state index >= 15 is 0 Å². The number of carbonyl (C=O) groups is 2. The van der Waals surface area contributed by atoms with Crippen molar-refractivity contribution in [1.82, 2.24) is 19.9 Å². The summed E-state index contributed by atoms with van der Waals surface area (Å²) in [7, 11) is 0. The van der Waals surface area contributed by atoms with Gasteiger partial charge in [-0.05, 0) is 51.8 Å². The number of pyridine rings is 2. The van der Waals surface area contributed by atoms with Gasteiger partial charge in [-0.2, -0.15) is 0 Å². The minimum absolute atomic E-state index is 0.183. The quantitative estimate of drug-likeness (QED) is 0.587. The summed E-state index contributed by atoms with van der Waals surface area (Å²) < 4.78 is 5.45. The molecule has 2 N–H and O–H groups in total. The molecule has 4 rings (SSSR count). The van der Waals surface area contributed by atoms with Gasteiger partial charge in [0.15, 0.2) is 0 Å². The molecule has 168 valence electrons. The van der Waals surface area contributed by atoms with Crippen LogP contribution in [-0.2, 0) is 9.53 Å². The van der Waals surface area contributed by atoms with E-state index in [0.29, 0.717) is 30.4 Å². The monoisotopic (exact) mass is 455 g/mol. The summed E-state index contributed by atoms with van der Waals surface area (Å²) in [6, 6.07) is 5.58. The minimum atomic E-state index is -0.575. The van der Waals surface area contributed by atoms with E-state index < -0.39 is 11.7 Å². The molecule has 8 nitrogen and oxygen atoms in total. The second-order valence-corrected chi connectivity index (χ2v) is 9.35. The summed E-state index contributed by atoms with van der Waals surface area (Å²) in [5, 5.41) is 3.34. The van der Waals surface area contributed by atoms with Crippen LogP contribution >= 0.6 is 11.6 Å². The van der Waals surface area contributed by atoms with Crippen molar-refractivity contribution < 1.29 is 14.3 Å². The number of anilines is 1. The molecule has 0 spiro atoms. The fourth-order valence-electron chi connectivity index (χ4n) is 3.72. The van der Waals surface area contributed by atoms with E-state index in [1.54, 1.807) is 17.2 Å². The van der Waals surface area contributed by atoms with Crippen molar-refractivity contribution in [1.29, 1.82) is 0 Å². The highest BCUT2D eigenvalue weighted by Gasteiger charge is 2.31. The van der Waals surface area contributed by atoms with Crippen LogP contribution in [0.4, 0.5) is 10.6 Å². The van der Waals surface area contributed by atoms with Crippen LogP contribution in [0, 0.1) is 5.92 Å². The molecule has 32 heavy (non-hydrogen) atoms. The lowest BCUT2D eigenvalue weighted by molar-refractivity contribution is -0.121. The molecule has 0 radical (unpaired) electrons. The van der Waals surface area contributed by atoms with Gasteiger partial charge in [-0.1, -0.05) is 11.6 Å². The second kappa shape index (κ2) is 8.78. The average molecular weight is 456 g/mol. The van der Waals surface area contributed by atoms with Gasteiger partial charge in [0.05, 0.1) is 22.0 Å². The zero-order valence-electron chi connectivity index (χ0n) is 18.3. The van der Waals surface area contributed by atoms with Gasteiger partial charge >= 0.3 is 6.09 Å². The fourth-order valence-corrected chi connectivity index (χ4v) is 3.93. The van der Waals surface area contributed by atoms with Crippen LogP contribution in [0.5, 0.6) is 0 Å². The standard InChI is InChI=1S/C23H26ClN5O3/c1-23(2,3)32-22(31)29-8-4-5-14(13-29)21(30)28-20-10-16(17(24)12-27-20)15-9-19-18(26-11-15)6-7-25-19/h6-7,9-12,14,25H,4-5,8,13H2,1-3H3,(H,27,28,30). The van der Waals surface area contributed by atoms with E-state index in [2.05, 4.69) is 20.3 Å². The maximum absolute atomic E-state index is 12.9. The normalized spacial score (nSPS) is 16.8. The van der Waals surface area contributed by atoms with Crippen LogP contribution in [0.15, 0.2) is 36.8 Å². The first-order valence-corrected chi connectivity index (χ1v) is 11.0. The number of likely N-dealkylation sites (tertiary alicyclic amines) is 1. The molecule has 1 saturated heterocycles. The van der Waals surface area contributed by atoms with Crippen molar-refractivity contribution in [3.63, 3.8) is 0 Å². The summed E-state index contributed by atoms with van der Waals surface area (Å²) in [6.45, 7) is 6.37. The molecule has 1 unspecified atom stereocenters. The van der Waals surface area contributed by atoms with Gasteiger partial charge in [-0.25, -0.2) is 9.78 Å². The molecule has 1 atom stereocenters. The van der Waals surface area contributed by atoms with Crippen LogP contribution in [0.25, 0.3) is 22.2 Å². The Morgan fingerprint density at radius 2 is 2.06 bits per heavy atom. The van der Waals surface area contributed by atoms with Crippen molar-refractivity contribution in [2.45, 2.75) is 39.2 Å². The van der Waals surface area contributed by atoms with Crippen molar-refractivity contribution in [2.75, 3.05) is 18.4 Å². The Morgan fingerprint density at radius 3 is 2.84 bits per heavy atom. The van der Waals surface area contributed by atoms with Crippen LogP contribution in [0.3, 0.4) is 0 Å². The number of rotatable bonds is 3. The Labute approximate surface area is 191 Å². The Kier molecular flexibility index (Phi) is 6.06. The minimum Gasteiger partial charge on any atom is -0.444 e. The highest BCUT2D eigenvalue weighted by atomic mass is 35.5. The lowest BCUT2D eigenvalue weighted by atomic mass is 9.97. The van der Waals surface area contributed by atoms with Gasteiger partial charge in [0.25, 0.3) is 0 Å². The van der Waals surface area contributed by atoms with Gasteiger partial charge in [-0.15, -0.1) is 0 Å². The van der Waals surface area contributed by atoms with Gasteiger partial charge in [-0.3, -0.25) is 9.78 Å². The Bertz CT molecular complexity index is 1150. The molecule has 3 aromatic rings. The maximum atomic E-state index is 12.9. The smallest absolute Gasteiger partial charge is 0.410 e. The molecule has 1 aliphatic heterocycles. The number of piperidine rings is 1. The molecule has 2 amide bonds. The van der Waals surface area contributed by atoms with Crippen LogP contribution in [0.2, 0.25) is 5.02 Å². The van der Waals surface area contributed by atoms with Gasteiger partial charge < -0.3 is 19.9 Å². The Hall–Kier alpha value is -3.13. The third-order valence-electron chi connectivity index (χ3n) is 5.26. The average Bonchev–Trinajstić information content (AvgIpc) is 3.22. The number of halogens is 1. The van der Waals surface area contributed by atoms with Crippen molar-refractivity contribution >= 4 is 40.5 Å². The van der Waals surface area contributed by atoms with Gasteiger partial charge in [0, 0.05) is 42.8 Å². The van der Waals surface area contributed by atoms with Crippen molar-refractivity contribution in [2.24, 2.45) is 5.92 Å². The summed E-state index contributed by atoms with van der Waals surface area (Å²) in [6.07, 6.45) is 6.11. The number of aromatic amines is 1. The first-order valence-electron chi connectivity index (χ1n) is 10.6. The molecule has 0 aliphatic carbocycles. The highest BCUT2D eigenvalue weighted by Crippen LogP contribution is 2.31. The molecule has 0 bridgehead atoms. The van der Waals surface area contributed by atoms with E-state index in [-0.39, 0.29) is 11.8 Å². The number of hydrogen-bond acceptors (Lipinski definition) is 5. The van der Waals surface area contributed by atoms with Crippen molar-refractivity contribution in [3.8, 4) is 11.1 Å². The maximum Gasteiger partial charge on any atom is 0.410 e. The first-order chi connectivity index (χ1) is 15.2.